The average Bonchev–Trinajstić information content (AvgIpc) is 3.27. The average molecular weight is 482 g/mol. The Labute approximate surface area is 174 Å². The highest BCUT2D eigenvalue weighted by atomic mass is 127. The molecule has 2 heterocycles. The molecule has 3 aliphatic rings. The molecule has 0 aromatic heterocycles. The standard InChI is InChI=1S/C18H34N4OS.HI/c1-19-17(21-8-5-16(13-21)14-23-2)20-15-18(6-3-4-7-18)22-9-11-24-12-10-22;/h16H,3-15H2,1-2H3,(H,19,20);1H. The molecular weight excluding hydrogens is 447 g/mol. The Morgan fingerprint density at radius 3 is 2.60 bits per heavy atom. The number of methoxy groups -OCH3 is 1. The number of likely N-dealkylation sites (tertiary alicyclic amines) is 1. The highest BCUT2D eigenvalue weighted by Gasteiger charge is 2.40. The number of hydrogen-bond acceptors (Lipinski definition) is 4. The Kier molecular flexibility index (Phi) is 9.11. The molecule has 25 heavy (non-hydrogen) atoms. The quantitative estimate of drug-likeness (QED) is 0.371. The van der Waals surface area contributed by atoms with Gasteiger partial charge in [-0.15, -0.1) is 24.0 Å². The topological polar surface area (TPSA) is 40.1 Å². The van der Waals surface area contributed by atoms with E-state index in [0.29, 0.717) is 11.5 Å². The van der Waals surface area contributed by atoms with Crippen molar-refractivity contribution in [2.45, 2.75) is 37.6 Å². The fourth-order valence-electron chi connectivity index (χ4n) is 4.65. The first-order chi connectivity index (χ1) is 11.8. The molecule has 0 aromatic rings. The molecule has 0 amide bonds. The first kappa shape index (κ1) is 21.6. The molecule has 0 aromatic carbocycles. The largest absolute Gasteiger partial charge is 0.384 e. The number of nitrogens with one attached hydrogen (secondary N) is 1. The number of guanidine groups is 1. The molecule has 1 aliphatic carbocycles. The first-order valence-corrected chi connectivity index (χ1v) is 10.7. The van der Waals surface area contributed by atoms with Crippen LogP contribution in [0.1, 0.15) is 32.1 Å². The second-order valence-electron chi connectivity index (χ2n) is 7.49. The molecular formula is C18H35IN4OS. The van der Waals surface area contributed by atoms with Crippen LogP contribution in [0.3, 0.4) is 0 Å². The predicted octanol–water partition coefficient (Wildman–Crippen LogP) is 2.51. The van der Waals surface area contributed by atoms with Crippen molar-refractivity contribution in [3.8, 4) is 0 Å². The minimum absolute atomic E-state index is 0. The molecule has 146 valence electrons. The van der Waals surface area contributed by atoms with Gasteiger partial charge in [0.15, 0.2) is 5.96 Å². The maximum Gasteiger partial charge on any atom is 0.193 e. The molecule has 7 heteroatoms. The molecule has 1 N–H and O–H groups in total. The Bertz CT molecular complexity index is 425. The molecule has 0 bridgehead atoms. The molecule has 0 spiro atoms. The number of ether oxygens (including phenoxy) is 1. The maximum absolute atomic E-state index is 5.33. The summed E-state index contributed by atoms with van der Waals surface area (Å²) in [5, 5.41) is 3.74. The number of hydrogen-bond donors (Lipinski definition) is 1. The summed E-state index contributed by atoms with van der Waals surface area (Å²) < 4.78 is 5.33. The van der Waals surface area contributed by atoms with Crippen molar-refractivity contribution in [2.75, 3.05) is 65.0 Å². The van der Waals surface area contributed by atoms with E-state index < -0.39 is 0 Å². The van der Waals surface area contributed by atoms with Gasteiger partial charge in [0.25, 0.3) is 0 Å². The van der Waals surface area contributed by atoms with E-state index in [-0.39, 0.29) is 24.0 Å². The smallest absolute Gasteiger partial charge is 0.193 e. The number of halogens is 1. The second-order valence-corrected chi connectivity index (χ2v) is 8.71. The lowest BCUT2D eigenvalue weighted by Gasteiger charge is -2.44. The van der Waals surface area contributed by atoms with E-state index in [4.69, 9.17) is 4.74 Å². The minimum atomic E-state index is 0. The van der Waals surface area contributed by atoms with E-state index in [0.717, 1.165) is 32.2 Å². The molecule has 0 radical (unpaired) electrons. The van der Waals surface area contributed by atoms with E-state index in [2.05, 4.69) is 31.9 Å². The van der Waals surface area contributed by atoms with Crippen LogP contribution in [0.5, 0.6) is 0 Å². The van der Waals surface area contributed by atoms with Crippen LogP contribution < -0.4 is 5.32 Å². The SMILES string of the molecule is CN=C(NCC1(N2CCSCC2)CCCC1)N1CCC(COC)C1.I. The van der Waals surface area contributed by atoms with Crippen LogP contribution in [0, 0.1) is 5.92 Å². The van der Waals surface area contributed by atoms with Crippen molar-refractivity contribution >= 4 is 41.7 Å². The van der Waals surface area contributed by atoms with Crippen LogP contribution in [0.4, 0.5) is 0 Å². The number of aliphatic imine (C=N–C) groups is 1. The van der Waals surface area contributed by atoms with Gasteiger partial charge in [-0.05, 0) is 19.3 Å². The van der Waals surface area contributed by atoms with Gasteiger partial charge in [-0.3, -0.25) is 9.89 Å². The van der Waals surface area contributed by atoms with E-state index in [1.165, 1.54) is 56.7 Å². The molecule has 3 rings (SSSR count). The van der Waals surface area contributed by atoms with E-state index in [9.17, 15) is 0 Å². The van der Waals surface area contributed by atoms with E-state index in [1.54, 1.807) is 7.11 Å². The summed E-state index contributed by atoms with van der Waals surface area (Å²) in [6, 6.07) is 0. The Morgan fingerprint density at radius 1 is 1.24 bits per heavy atom. The van der Waals surface area contributed by atoms with Crippen LogP contribution in [0.2, 0.25) is 0 Å². The van der Waals surface area contributed by atoms with Crippen molar-refractivity contribution in [2.24, 2.45) is 10.9 Å². The summed E-state index contributed by atoms with van der Waals surface area (Å²) in [4.78, 5) is 9.76. The van der Waals surface area contributed by atoms with Crippen molar-refractivity contribution in [3.05, 3.63) is 0 Å². The molecule has 5 nitrogen and oxygen atoms in total. The molecule has 1 unspecified atom stereocenters. The fraction of sp³-hybridized carbons (Fsp3) is 0.944. The third-order valence-corrected chi connectivity index (χ3v) is 6.93. The molecule has 3 fully saturated rings. The van der Waals surface area contributed by atoms with Crippen molar-refractivity contribution in [1.82, 2.24) is 15.1 Å². The summed E-state index contributed by atoms with van der Waals surface area (Å²) in [5.74, 6) is 4.32. The Morgan fingerprint density at radius 2 is 1.96 bits per heavy atom. The lowest BCUT2D eigenvalue weighted by molar-refractivity contribution is 0.106. The van der Waals surface area contributed by atoms with Crippen molar-refractivity contribution < 1.29 is 4.74 Å². The lowest BCUT2D eigenvalue weighted by atomic mass is 9.94. The lowest BCUT2D eigenvalue weighted by Crippen LogP contribution is -2.57. The fourth-order valence-corrected chi connectivity index (χ4v) is 5.55. The van der Waals surface area contributed by atoms with E-state index in [1.807, 2.05) is 7.05 Å². The van der Waals surface area contributed by atoms with Crippen LogP contribution >= 0.6 is 35.7 Å². The van der Waals surface area contributed by atoms with Gasteiger partial charge in [0.1, 0.15) is 0 Å². The summed E-state index contributed by atoms with van der Waals surface area (Å²) in [5.41, 5.74) is 0.364. The maximum atomic E-state index is 5.33. The predicted molar refractivity (Wildman–Crippen MR) is 118 cm³/mol. The van der Waals surface area contributed by atoms with Gasteiger partial charge in [-0.25, -0.2) is 0 Å². The number of thioether (sulfide) groups is 1. The zero-order chi connectivity index (χ0) is 16.8. The second kappa shape index (κ2) is 10.6. The number of nitrogens with zero attached hydrogens (tertiary/aromatic N) is 3. The molecule has 2 aliphatic heterocycles. The van der Waals surface area contributed by atoms with Gasteiger partial charge in [0, 0.05) is 69.8 Å². The van der Waals surface area contributed by atoms with Crippen LogP contribution in [-0.2, 0) is 4.74 Å². The van der Waals surface area contributed by atoms with Gasteiger partial charge in [-0.1, -0.05) is 12.8 Å². The van der Waals surface area contributed by atoms with Gasteiger partial charge in [0.05, 0.1) is 6.61 Å². The monoisotopic (exact) mass is 482 g/mol. The van der Waals surface area contributed by atoms with Gasteiger partial charge in [0.2, 0.25) is 0 Å². The zero-order valence-corrected chi connectivity index (χ0v) is 19.0. The normalized spacial score (nSPS) is 27.4. The zero-order valence-electron chi connectivity index (χ0n) is 15.8. The van der Waals surface area contributed by atoms with Crippen molar-refractivity contribution in [1.29, 1.82) is 0 Å². The van der Waals surface area contributed by atoms with E-state index >= 15 is 0 Å². The van der Waals surface area contributed by atoms with Gasteiger partial charge >= 0.3 is 0 Å². The molecule has 2 saturated heterocycles. The third-order valence-electron chi connectivity index (χ3n) is 5.99. The summed E-state index contributed by atoms with van der Waals surface area (Å²) in [7, 11) is 3.72. The van der Waals surface area contributed by atoms with Crippen LogP contribution in [0.15, 0.2) is 4.99 Å². The van der Waals surface area contributed by atoms with Gasteiger partial charge < -0.3 is 15.0 Å². The third kappa shape index (κ3) is 5.39. The summed E-state index contributed by atoms with van der Waals surface area (Å²) >= 11 is 2.10. The number of rotatable bonds is 5. The minimum Gasteiger partial charge on any atom is -0.384 e. The van der Waals surface area contributed by atoms with Gasteiger partial charge in [-0.2, -0.15) is 11.8 Å². The summed E-state index contributed by atoms with van der Waals surface area (Å²) in [6.45, 7) is 6.59. The van der Waals surface area contributed by atoms with Crippen LogP contribution in [-0.4, -0.2) is 86.3 Å². The summed E-state index contributed by atoms with van der Waals surface area (Å²) in [6.07, 6.45) is 6.65. The van der Waals surface area contributed by atoms with Crippen molar-refractivity contribution in [3.63, 3.8) is 0 Å². The Hall–Kier alpha value is 0.270. The molecule has 1 atom stereocenters. The first-order valence-electron chi connectivity index (χ1n) is 9.55. The van der Waals surface area contributed by atoms with Crippen LogP contribution in [0.25, 0.3) is 0 Å². The highest BCUT2D eigenvalue weighted by Crippen LogP contribution is 2.36. The highest BCUT2D eigenvalue weighted by molar-refractivity contribution is 14.0. The molecule has 1 saturated carbocycles. The Balaban J connectivity index is 0.00000225.